The fraction of sp³-hybridized carbons (Fsp3) is 1.00. The first-order chi connectivity index (χ1) is 6.36. The zero-order chi connectivity index (χ0) is 9.10. The van der Waals surface area contributed by atoms with E-state index in [9.17, 15) is 0 Å². The summed E-state index contributed by atoms with van der Waals surface area (Å²) in [4.78, 5) is 0. The van der Waals surface area contributed by atoms with Crippen molar-refractivity contribution in [2.24, 2.45) is 11.8 Å². The lowest BCUT2D eigenvalue weighted by atomic mass is 9.86. The summed E-state index contributed by atoms with van der Waals surface area (Å²) in [6.45, 7) is 2.46. The fourth-order valence-electron chi connectivity index (χ4n) is 2.94. The van der Waals surface area contributed by atoms with Crippen LogP contribution in [0, 0.1) is 11.8 Å². The monoisotopic (exact) mass is 199 g/mol. The van der Waals surface area contributed by atoms with E-state index < -0.39 is 0 Å². The summed E-state index contributed by atoms with van der Waals surface area (Å²) in [5.41, 5.74) is 0. The molecule has 2 heteroatoms. The van der Waals surface area contributed by atoms with E-state index >= 15 is 0 Å². The molecule has 1 nitrogen and oxygen atoms in total. The second kappa shape index (κ2) is 4.70. The van der Waals surface area contributed by atoms with Crippen LogP contribution in [0.15, 0.2) is 0 Å². The SMILES string of the molecule is SN1CCC(C2CCCCCC2)C1. The summed E-state index contributed by atoms with van der Waals surface area (Å²) in [5, 5.41) is 0. The average Bonchev–Trinajstić information content (AvgIpc) is 2.43. The summed E-state index contributed by atoms with van der Waals surface area (Å²) in [6.07, 6.45) is 10.3. The van der Waals surface area contributed by atoms with Crippen molar-refractivity contribution in [3.63, 3.8) is 0 Å². The first kappa shape index (κ1) is 9.85. The van der Waals surface area contributed by atoms with Crippen LogP contribution in [0.4, 0.5) is 0 Å². The van der Waals surface area contributed by atoms with E-state index in [-0.39, 0.29) is 0 Å². The van der Waals surface area contributed by atoms with Crippen molar-refractivity contribution in [1.29, 1.82) is 0 Å². The predicted molar refractivity (Wildman–Crippen MR) is 59.9 cm³/mol. The summed E-state index contributed by atoms with van der Waals surface area (Å²) in [7, 11) is 0. The highest BCUT2D eigenvalue weighted by atomic mass is 32.1. The Morgan fingerprint density at radius 2 is 1.54 bits per heavy atom. The molecular formula is C11H21NS. The van der Waals surface area contributed by atoms with Crippen LogP contribution in [0.2, 0.25) is 0 Å². The maximum absolute atomic E-state index is 4.43. The van der Waals surface area contributed by atoms with Crippen LogP contribution < -0.4 is 0 Å². The molecule has 0 amide bonds. The minimum atomic E-state index is 0.968. The van der Waals surface area contributed by atoms with Gasteiger partial charge in [0.15, 0.2) is 0 Å². The van der Waals surface area contributed by atoms with Gasteiger partial charge in [0.1, 0.15) is 0 Å². The number of hydrogen-bond donors (Lipinski definition) is 1. The van der Waals surface area contributed by atoms with E-state index in [2.05, 4.69) is 17.1 Å². The Hall–Kier alpha value is 0.310. The third kappa shape index (κ3) is 2.63. The molecule has 0 radical (unpaired) electrons. The van der Waals surface area contributed by atoms with Gasteiger partial charge < -0.3 is 0 Å². The Morgan fingerprint density at radius 3 is 2.08 bits per heavy atom. The van der Waals surface area contributed by atoms with Crippen molar-refractivity contribution in [3.05, 3.63) is 0 Å². The van der Waals surface area contributed by atoms with Gasteiger partial charge in [0.25, 0.3) is 0 Å². The van der Waals surface area contributed by atoms with E-state index in [4.69, 9.17) is 0 Å². The summed E-state index contributed by atoms with van der Waals surface area (Å²) < 4.78 is 2.20. The minimum Gasteiger partial charge on any atom is -0.253 e. The van der Waals surface area contributed by atoms with Gasteiger partial charge in [0.2, 0.25) is 0 Å². The second-order valence-electron chi connectivity index (χ2n) is 4.71. The third-order valence-electron chi connectivity index (χ3n) is 3.77. The molecule has 1 saturated heterocycles. The molecule has 0 spiro atoms. The Balaban J connectivity index is 1.84. The van der Waals surface area contributed by atoms with Crippen LogP contribution in [0.3, 0.4) is 0 Å². The zero-order valence-corrected chi connectivity index (χ0v) is 9.31. The molecule has 2 aliphatic rings. The molecule has 1 atom stereocenters. The first-order valence-corrected chi connectivity index (χ1v) is 6.20. The third-order valence-corrected chi connectivity index (χ3v) is 4.13. The molecule has 0 aromatic rings. The highest BCUT2D eigenvalue weighted by molar-refractivity contribution is 7.77. The quantitative estimate of drug-likeness (QED) is 0.501. The Bertz CT molecular complexity index is 152. The molecule has 2 fully saturated rings. The Morgan fingerprint density at radius 1 is 0.846 bits per heavy atom. The van der Waals surface area contributed by atoms with Gasteiger partial charge in [-0.3, -0.25) is 4.31 Å². The van der Waals surface area contributed by atoms with Crippen LogP contribution >= 0.6 is 12.8 Å². The summed E-state index contributed by atoms with van der Waals surface area (Å²) >= 11 is 4.43. The van der Waals surface area contributed by atoms with E-state index in [1.807, 2.05) is 0 Å². The van der Waals surface area contributed by atoms with Crippen molar-refractivity contribution in [3.8, 4) is 0 Å². The molecule has 0 bridgehead atoms. The highest BCUT2D eigenvalue weighted by Crippen LogP contribution is 2.34. The van der Waals surface area contributed by atoms with E-state index in [0.29, 0.717) is 0 Å². The van der Waals surface area contributed by atoms with E-state index in [0.717, 1.165) is 11.8 Å². The lowest BCUT2D eigenvalue weighted by Crippen LogP contribution is -2.16. The van der Waals surface area contributed by atoms with E-state index in [1.54, 1.807) is 0 Å². The Kier molecular flexibility index (Phi) is 3.56. The number of rotatable bonds is 1. The molecule has 0 N–H and O–H groups in total. The van der Waals surface area contributed by atoms with Crippen molar-refractivity contribution in [2.45, 2.75) is 44.9 Å². The number of thiol groups is 1. The molecule has 2 rings (SSSR count). The fourth-order valence-corrected chi connectivity index (χ4v) is 3.26. The van der Waals surface area contributed by atoms with Crippen LogP contribution in [0.1, 0.15) is 44.9 Å². The standard InChI is InChI=1S/C11H21NS/c13-12-8-7-11(9-12)10-5-3-1-2-4-6-10/h10-11,13H,1-9H2. The maximum atomic E-state index is 4.43. The molecule has 13 heavy (non-hydrogen) atoms. The van der Waals surface area contributed by atoms with Gasteiger partial charge in [0, 0.05) is 13.1 Å². The second-order valence-corrected chi connectivity index (χ2v) is 5.28. The Labute approximate surface area is 87.4 Å². The number of hydrogen-bond acceptors (Lipinski definition) is 2. The van der Waals surface area contributed by atoms with Gasteiger partial charge in [-0.1, -0.05) is 51.3 Å². The molecule has 1 saturated carbocycles. The minimum absolute atomic E-state index is 0.968. The van der Waals surface area contributed by atoms with Crippen LogP contribution in [-0.2, 0) is 0 Å². The van der Waals surface area contributed by atoms with Gasteiger partial charge in [-0.15, -0.1) is 0 Å². The van der Waals surface area contributed by atoms with Gasteiger partial charge in [0.05, 0.1) is 0 Å². The lowest BCUT2D eigenvalue weighted by molar-refractivity contribution is 0.310. The molecule has 0 aromatic heterocycles. The molecule has 76 valence electrons. The average molecular weight is 199 g/mol. The predicted octanol–water partition coefficient (Wildman–Crippen LogP) is 3.12. The first-order valence-electron chi connectivity index (χ1n) is 5.80. The highest BCUT2D eigenvalue weighted by Gasteiger charge is 2.28. The van der Waals surface area contributed by atoms with Gasteiger partial charge >= 0.3 is 0 Å². The van der Waals surface area contributed by atoms with Gasteiger partial charge in [-0.05, 0) is 18.3 Å². The number of nitrogens with zero attached hydrogens (tertiary/aromatic N) is 1. The summed E-state index contributed by atoms with van der Waals surface area (Å²) in [5.74, 6) is 2.00. The van der Waals surface area contributed by atoms with Crippen LogP contribution in [-0.4, -0.2) is 17.4 Å². The summed E-state index contributed by atoms with van der Waals surface area (Å²) in [6, 6.07) is 0. The molecule has 1 heterocycles. The largest absolute Gasteiger partial charge is 0.253 e. The smallest absolute Gasteiger partial charge is 0.0118 e. The van der Waals surface area contributed by atoms with Crippen molar-refractivity contribution in [2.75, 3.05) is 13.1 Å². The molecular weight excluding hydrogens is 178 g/mol. The molecule has 0 aromatic carbocycles. The topological polar surface area (TPSA) is 3.24 Å². The zero-order valence-electron chi connectivity index (χ0n) is 8.41. The van der Waals surface area contributed by atoms with Crippen molar-refractivity contribution < 1.29 is 0 Å². The molecule has 1 aliphatic heterocycles. The van der Waals surface area contributed by atoms with Crippen molar-refractivity contribution in [1.82, 2.24) is 4.31 Å². The normalized spacial score (nSPS) is 33.5. The van der Waals surface area contributed by atoms with Crippen LogP contribution in [0.5, 0.6) is 0 Å². The van der Waals surface area contributed by atoms with Crippen LogP contribution in [0.25, 0.3) is 0 Å². The van der Waals surface area contributed by atoms with Gasteiger partial charge in [-0.25, -0.2) is 0 Å². The molecule has 1 unspecified atom stereocenters. The van der Waals surface area contributed by atoms with Crippen molar-refractivity contribution >= 4 is 12.8 Å². The lowest BCUT2D eigenvalue weighted by Gasteiger charge is -2.21. The van der Waals surface area contributed by atoms with E-state index in [1.165, 1.54) is 58.0 Å². The van der Waals surface area contributed by atoms with Gasteiger partial charge in [-0.2, -0.15) is 0 Å². The maximum Gasteiger partial charge on any atom is 0.0118 e. The molecule has 1 aliphatic carbocycles.